The van der Waals surface area contributed by atoms with E-state index in [1.807, 2.05) is 14.0 Å². The van der Waals surface area contributed by atoms with Crippen LogP contribution in [0, 0.1) is 40.4 Å². The maximum absolute atomic E-state index is 12.8. The molecule has 0 radical (unpaired) electrons. The molecule has 4 aliphatic carbocycles. The summed E-state index contributed by atoms with van der Waals surface area (Å²) in [5.74, 6) is 4.01. The van der Waals surface area contributed by atoms with Crippen molar-refractivity contribution in [2.45, 2.75) is 91.1 Å². The van der Waals surface area contributed by atoms with Crippen LogP contribution in [0.5, 0.6) is 0 Å². The van der Waals surface area contributed by atoms with Gasteiger partial charge in [0.15, 0.2) is 0 Å². The van der Waals surface area contributed by atoms with Gasteiger partial charge in [0.05, 0.1) is 6.10 Å². The van der Waals surface area contributed by atoms with Crippen LogP contribution in [0.25, 0.3) is 0 Å². The minimum atomic E-state index is 0.144. The fraction of sp³-hybridized carbons (Fsp3) is 0.957. The molecule has 0 aliphatic heterocycles. The number of methoxy groups -OCH3 is 1. The third kappa shape index (κ3) is 2.49. The normalized spacial score (nSPS) is 52.2. The van der Waals surface area contributed by atoms with Crippen molar-refractivity contribution in [1.29, 1.82) is 0 Å². The van der Waals surface area contributed by atoms with Crippen LogP contribution in [0.1, 0.15) is 85.0 Å². The second kappa shape index (κ2) is 6.36. The van der Waals surface area contributed by atoms with Crippen molar-refractivity contribution in [3.63, 3.8) is 0 Å². The molecule has 0 saturated heterocycles. The molecule has 25 heavy (non-hydrogen) atoms. The summed E-state index contributed by atoms with van der Waals surface area (Å²) in [6.45, 7) is 7.11. The predicted molar refractivity (Wildman–Crippen MR) is 101 cm³/mol. The molecule has 8 atom stereocenters. The average molecular weight is 347 g/mol. The monoisotopic (exact) mass is 346 g/mol. The third-order valence-electron chi connectivity index (χ3n) is 9.59. The van der Waals surface area contributed by atoms with Crippen LogP contribution in [0.3, 0.4) is 0 Å². The van der Waals surface area contributed by atoms with E-state index >= 15 is 0 Å². The molecular formula is C23H38O2. The Morgan fingerprint density at radius 3 is 2.52 bits per heavy atom. The number of Topliss-reactive ketones (excluding diaryl/α,β-unsaturated/α-hetero) is 1. The van der Waals surface area contributed by atoms with E-state index < -0.39 is 0 Å². The van der Waals surface area contributed by atoms with Crippen molar-refractivity contribution in [2.75, 3.05) is 7.11 Å². The molecule has 4 rings (SSSR count). The van der Waals surface area contributed by atoms with Gasteiger partial charge in [-0.15, -0.1) is 0 Å². The van der Waals surface area contributed by atoms with Crippen molar-refractivity contribution < 1.29 is 9.53 Å². The van der Waals surface area contributed by atoms with E-state index in [1.165, 1.54) is 51.4 Å². The molecule has 4 aliphatic rings. The number of fused-ring (bicyclic) bond motifs is 5. The summed E-state index contributed by atoms with van der Waals surface area (Å²) in [6.07, 6.45) is 13.2. The Morgan fingerprint density at radius 2 is 1.80 bits per heavy atom. The van der Waals surface area contributed by atoms with E-state index in [0.29, 0.717) is 23.5 Å². The highest BCUT2D eigenvalue weighted by molar-refractivity contribution is 5.82. The molecule has 0 heterocycles. The van der Waals surface area contributed by atoms with Gasteiger partial charge in [0, 0.05) is 19.4 Å². The SMILES string of the molecule is CCC(=O)[C@@H]1[C@H](OC)C[C@@H]2[C@@H]3CC[C@H]4CCCC[C@]4(C)[C@H]3CC[C@@]21C. The Balaban J connectivity index is 1.65. The van der Waals surface area contributed by atoms with Crippen LogP contribution in [0.15, 0.2) is 0 Å². The van der Waals surface area contributed by atoms with Gasteiger partial charge >= 0.3 is 0 Å². The second-order valence-corrected chi connectivity index (χ2v) is 10.3. The zero-order chi connectivity index (χ0) is 17.8. The minimum absolute atomic E-state index is 0.144. The summed E-state index contributed by atoms with van der Waals surface area (Å²) in [6, 6.07) is 0. The standard InChI is InChI=1S/C23H38O2/c1-5-19(24)21-20(25-4)14-18-16-10-9-15-8-6-7-12-22(15,2)17(16)11-13-23(18,21)3/h15-18,20-21H,5-14H2,1-4H3/t15-,16-,17+,18-,20-,21-,22+,23+/m1/s1. The van der Waals surface area contributed by atoms with Gasteiger partial charge in [-0.25, -0.2) is 0 Å². The van der Waals surface area contributed by atoms with Gasteiger partial charge in [0.2, 0.25) is 0 Å². The smallest absolute Gasteiger partial charge is 0.138 e. The van der Waals surface area contributed by atoms with Crippen LogP contribution in [0.2, 0.25) is 0 Å². The van der Waals surface area contributed by atoms with E-state index in [4.69, 9.17) is 4.74 Å². The molecule has 142 valence electrons. The lowest BCUT2D eigenvalue weighted by Gasteiger charge is -2.60. The van der Waals surface area contributed by atoms with Gasteiger partial charge < -0.3 is 4.74 Å². The summed E-state index contributed by atoms with van der Waals surface area (Å²) in [5, 5.41) is 0. The number of carbonyl (C=O) groups excluding carboxylic acids is 1. The van der Waals surface area contributed by atoms with Gasteiger partial charge in [0.25, 0.3) is 0 Å². The fourth-order valence-electron chi connectivity index (χ4n) is 8.31. The summed E-state index contributed by atoms with van der Waals surface area (Å²) < 4.78 is 5.89. The van der Waals surface area contributed by atoms with Crippen LogP contribution < -0.4 is 0 Å². The van der Waals surface area contributed by atoms with E-state index in [1.54, 1.807) is 0 Å². The lowest BCUT2D eigenvalue weighted by Crippen LogP contribution is -2.53. The lowest BCUT2D eigenvalue weighted by atomic mass is 9.45. The largest absolute Gasteiger partial charge is 0.381 e. The number of ketones is 1. The summed E-state index contributed by atoms with van der Waals surface area (Å²) in [5.41, 5.74) is 0.769. The van der Waals surface area contributed by atoms with Crippen molar-refractivity contribution in [2.24, 2.45) is 40.4 Å². The van der Waals surface area contributed by atoms with Crippen molar-refractivity contribution in [3.8, 4) is 0 Å². The molecule has 4 fully saturated rings. The molecule has 0 amide bonds. The molecule has 0 aromatic rings. The first-order valence-corrected chi connectivity index (χ1v) is 11.0. The number of hydrogen-bond donors (Lipinski definition) is 0. The van der Waals surface area contributed by atoms with Crippen molar-refractivity contribution >= 4 is 5.78 Å². The zero-order valence-corrected chi connectivity index (χ0v) is 16.9. The molecular weight excluding hydrogens is 308 g/mol. The van der Waals surface area contributed by atoms with Gasteiger partial charge in [-0.1, -0.05) is 33.6 Å². The summed E-state index contributed by atoms with van der Waals surface area (Å²) in [7, 11) is 1.83. The first kappa shape index (κ1) is 18.0. The van der Waals surface area contributed by atoms with E-state index in [-0.39, 0.29) is 17.4 Å². The lowest BCUT2D eigenvalue weighted by molar-refractivity contribution is -0.138. The van der Waals surface area contributed by atoms with Gasteiger partial charge in [-0.2, -0.15) is 0 Å². The predicted octanol–water partition coefficient (Wildman–Crippen LogP) is 5.64. The van der Waals surface area contributed by atoms with E-state index in [2.05, 4.69) is 13.8 Å². The highest BCUT2D eigenvalue weighted by atomic mass is 16.5. The molecule has 0 unspecified atom stereocenters. The van der Waals surface area contributed by atoms with Gasteiger partial charge in [-0.05, 0) is 79.4 Å². The maximum atomic E-state index is 12.8. The molecule has 0 bridgehead atoms. The molecule has 2 heteroatoms. The average Bonchev–Trinajstić information content (AvgIpc) is 2.93. The Bertz CT molecular complexity index is 528. The van der Waals surface area contributed by atoms with E-state index in [9.17, 15) is 4.79 Å². The van der Waals surface area contributed by atoms with Crippen LogP contribution in [0.4, 0.5) is 0 Å². The maximum Gasteiger partial charge on any atom is 0.138 e. The summed E-state index contributed by atoms with van der Waals surface area (Å²) >= 11 is 0. The number of ether oxygens (including phenoxy) is 1. The molecule has 0 aromatic carbocycles. The van der Waals surface area contributed by atoms with E-state index in [0.717, 1.165) is 24.2 Å². The van der Waals surface area contributed by atoms with Crippen LogP contribution >= 0.6 is 0 Å². The number of hydrogen-bond acceptors (Lipinski definition) is 2. The Kier molecular flexibility index (Phi) is 4.58. The Labute approximate surface area is 154 Å². The molecule has 2 nitrogen and oxygen atoms in total. The van der Waals surface area contributed by atoms with Crippen LogP contribution in [-0.2, 0) is 9.53 Å². The Hall–Kier alpha value is -0.370. The summed E-state index contributed by atoms with van der Waals surface area (Å²) in [4.78, 5) is 12.8. The quantitative estimate of drug-likeness (QED) is 0.661. The molecule has 0 aromatic heterocycles. The zero-order valence-electron chi connectivity index (χ0n) is 16.9. The Morgan fingerprint density at radius 1 is 1.00 bits per heavy atom. The first-order chi connectivity index (χ1) is 12.0. The van der Waals surface area contributed by atoms with Crippen LogP contribution in [-0.4, -0.2) is 19.0 Å². The van der Waals surface area contributed by atoms with Gasteiger partial charge in [-0.3, -0.25) is 4.79 Å². The number of rotatable bonds is 3. The highest BCUT2D eigenvalue weighted by Crippen LogP contribution is 2.67. The number of carbonyl (C=O) groups is 1. The van der Waals surface area contributed by atoms with Crippen molar-refractivity contribution in [1.82, 2.24) is 0 Å². The third-order valence-corrected chi connectivity index (χ3v) is 9.59. The molecule has 0 N–H and O–H groups in total. The second-order valence-electron chi connectivity index (χ2n) is 10.3. The van der Waals surface area contributed by atoms with Crippen molar-refractivity contribution in [3.05, 3.63) is 0 Å². The topological polar surface area (TPSA) is 26.3 Å². The fourth-order valence-corrected chi connectivity index (χ4v) is 8.31. The molecule has 4 saturated carbocycles. The highest BCUT2D eigenvalue weighted by Gasteiger charge is 2.63. The minimum Gasteiger partial charge on any atom is -0.381 e. The molecule has 0 spiro atoms. The first-order valence-electron chi connectivity index (χ1n) is 11.0. The van der Waals surface area contributed by atoms with Gasteiger partial charge in [0.1, 0.15) is 5.78 Å².